The number of carboxylic acid groups (broad SMARTS) is 1. The van der Waals surface area contributed by atoms with Crippen molar-refractivity contribution in [3.8, 4) is 5.75 Å². The molecule has 0 atom stereocenters. The standard InChI is InChI=1S/C16H17N3O4/c1-23-13-8-9(6-7-11(13)16(21)22)17-15(20)14-10-4-2-3-5-12(10)18-19-14/h6-8H,2-5H2,1H3,(H,17,20)(H,18,19)(H,21,22). The van der Waals surface area contributed by atoms with Crippen molar-refractivity contribution in [2.75, 3.05) is 12.4 Å². The van der Waals surface area contributed by atoms with E-state index in [-0.39, 0.29) is 17.2 Å². The third-order valence-corrected chi connectivity index (χ3v) is 3.96. The van der Waals surface area contributed by atoms with Crippen molar-refractivity contribution in [2.45, 2.75) is 25.7 Å². The van der Waals surface area contributed by atoms with Gasteiger partial charge in [0, 0.05) is 23.0 Å². The molecule has 3 N–H and O–H groups in total. The third kappa shape index (κ3) is 2.90. The predicted molar refractivity (Wildman–Crippen MR) is 83.1 cm³/mol. The minimum absolute atomic E-state index is 0.0441. The Balaban J connectivity index is 1.83. The molecule has 2 aromatic rings. The van der Waals surface area contributed by atoms with Gasteiger partial charge in [-0.05, 0) is 37.8 Å². The van der Waals surface area contributed by atoms with Crippen molar-refractivity contribution in [1.82, 2.24) is 10.2 Å². The molecule has 1 aromatic heterocycles. The predicted octanol–water partition coefficient (Wildman–Crippen LogP) is 2.25. The quantitative estimate of drug-likeness (QED) is 0.802. The van der Waals surface area contributed by atoms with Crippen LogP contribution in [0.2, 0.25) is 0 Å². The summed E-state index contributed by atoms with van der Waals surface area (Å²) >= 11 is 0. The number of carbonyl (C=O) groups is 2. The molecule has 0 aliphatic heterocycles. The van der Waals surface area contributed by atoms with Crippen molar-refractivity contribution < 1.29 is 19.4 Å². The number of hydrogen-bond acceptors (Lipinski definition) is 4. The van der Waals surface area contributed by atoms with Crippen LogP contribution in [0, 0.1) is 0 Å². The number of aromatic amines is 1. The van der Waals surface area contributed by atoms with Gasteiger partial charge < -0.3 is 15.2 Å². The number of anilines is 1. The van der Waals surface area contributed by atoms with Gasteiger partial charge in [0.2, 0.25) is 0 Å². The number of carbonyl (C=O) groups excluding carboxylic acids is 1. The first kappa shape index (κ1) is 15.1. The summed E-state index contributed by atoms with van der Waals surface area (Å²) in [4.78, 5) is 23.5. The number of amides is 1. The Bertz CT molecular complexity index is 767. The van der Waals surface area contributed by atoms with Crippen LogP contribution in [0.1, 0.15) is 44.9 Å². The topological polar surface area (TPSA) is 104 Å². The highest BCUT2D eigenvalue weighted by Gasteiger charge is 2.22. The van der Waals surface area contributed by atoms with Gasteiger partial charge in [-0.1, -0.05) is 0 Å². The average Bonchev–Trinajstić information content (AvgIpc) is 2.98. The number of ether oxygens (including phenoxy) is 1. The molecule has 1 aliphatic rings. The van der Waals surface area contributed by atoms with Crippen LogP contribution in [0.4, 0.5) is 5.69 Å². The second-order valence-electron chi connectivity index (χ2n) is 5.41. The second kappa shape index (κ2) is 6.12. The molecule has 1 aliphatic carbocycles. The van der Waals surface area contributed by atoms with E-state index in [0.29, 0.717) is 11.4 Å². The number of aryl methyl sites for hydroxylation is 1. The number of methoxy groups -OCH3 is 1. The van der Waals surface area contributed by atoms with Crippen LogP contribution in [0.3, 0.4) is 0 Å². The highest BCUT2D eigenvalue weighted by atomic mass is 16.5. The lowest BCUT2D eigenvalue weighted by molar-refractivity contribution is 0.0693. The molecular weight excluding hydrogens is 298 g/mol. The van der Waals surface area contributed by atoms with E-state index in [2.05, 4.69) is 15.5 Å². The smallest absolute Gasteiger partial charge is 0.339 e. The third-order valence-electron chi connectivity index (χ3n) is 3.96. The Morgan fingerprint density at radius 2 is 2.09 bits per heavy atom. The fourth-order valence-corrected chi connectivity index (χ4v) is 2.80. The fourth-order valence-electron chi connectivity index (χ4n) is 2.80. The molecule has 120 valence electrons. The molecule has 1 heterocycles. The molecule has 23 heavy (non-hydrogen) atoms. The number of rotatable bonds is 4. The van der Waals surface area contributed by atoms with Gasteiger partial charge in [-0.25, -0.2) is 4.79 Å². The normalized spacial score (nSPS) is 13.3. The highest BCUT2D eigenvalue weighted by Crippen LogP contribution is 2.25. The Labute approximate surface area is 132 Å². The summed E-state index contributed by atoms with van der Waals surface area (Å²) in [5.41, 5.74) is 2.91. The number of fused-ring (bicyclic) bond motifs is 1. The lowest BCUT2D eigenvalue weighted by Gasteiger charge is -2.12. The average molecular weight is 315 g/mol. The molecule has 1 amide bonds. The lowest BCUT2D eigenvalue weighted by Crippen LogP contribution is -2.16. The van der Waals surface area contributed by atoms with Crippen molar-refractivity contribution in [1.29, 1.82) is 0 Å². The molecule has 0 saturated carbocycles. The first-order valence-corrected chi connectivity index (χ1v) is 7.39. The minimum Gasteiger partial charge on any atom is -0.496 e. The van der Waals surface area contributed by atoms with Gasteiger partial charge in [0.1, 0.15) is 11.3 Å². The molecule has 0 radical (unpaired) electrons. The summed E-state index contributed by atoms with van der Waals surface area (Å²) in [6, 6.07) is 4.42. The monoisotopic (exact) mass is 315 g/mol. The zero-order valence-corrected chi connectivity index (χ0v) is 12.7. The van der Waals surface area contributed by atoms with Crippen molar-refractivity contribution >= 4 is 17.6 Å². The summed E-state index contributed by atoms with van der Waals surface area (Å²) in [6.45, 7) is 0. The van der Waals surface area contributed by atoms with Crippen LogP contribution in [0.15, 0.2) is 18.2 Å². The number of carboxylic acids is 1. The number of benzene rings is 1. The maximum Gasteiger partial charge on any atom is 0.339 e. The van der Waals surface area contributed by atoms with Crippen LogP contribution < -0.4 is 10.1 Å². The zero-order valence-electron chi connectivity index (χ0n) is 12.7. The summed E-state index contributed by atoms with van der Waals surface area (Å²) in [5, 5.41) is 18.9. The fraction of sp³-hybridized carbons (Fsp3) is 0.312. The van der Waals surface area contributed by atoms with Gasteiger partial charge in [-0.2, -0.15) is 5.10 Å². The maximum absolute atomic E-state index is 12.4. The highest BCUT2D eigenvalue weighted by molar-refractivity contribution is 6.04. The molecule has 1 aromatic carbocycles. The van der Waals surface area contributed by atoms with E-state index in [0.717, 1.165) is 36.9 Å². The number of aromatic nitrogens is 2. The van der Waals surface area contributed by atoms with E-state index in [1.165, 1.54) is 25.3 Å². The zero-order chi connectivity index (χ0) is 16.4. The largest absolute Gasteiger partial charge is 0.496 e. The van der Waals surface area contributed by atoms with Crippen LogP contribution >= 0.6 is 0 Å². The van der Waals surface area contributed by atoms with E-state index in [1.54, 1.807) is 0 Å². The molecule has 0 spiro atoms. The number of H-pyrrole nitrogens is 1. The molecule has 0 saturated heterocycles. The maximum atomic E-state index is 12.4. The minimum atomic E-state index is -1.08. The first-order valence-electron chi connectivity index (χ1n) is 7.39. The number of nitrogens with one attached hydrogen (secondary N) is 2. The molecule has 7 heteroatoms. The molecule has 3 rings (SSSR count). The number of hydrogen-bond donors (Lipinski definition) is 3. The van der Waals surface area contributed by atoms with Crippen LogP contribution in [0.25, 0.3) is 0 Å². The summed E-state index contributed by atoms with van der Waals surface area (Å²) in [6.07, 6.45) is 3.91. The lowest BCUT2D eigenvalue weighted by atomic mass is 9.96. The summed E-state index contributed by atoms with van der Waals surface area (Å²) in [5.74, 6) is -1.20. The van der Waals surface area contributed by atoms with Gasteiger partial charge in [-0.15, -0.1) is 0 Å². The Morgan fingerprint density at radius 3 is 2.83 bits per heavy atom. The molecule has 7 nitrogen and oxygen atoms in total. The Hall–Kier alpha value is -2.83. The first-order chi connectivity index (χ1) is 11.1. The summed E-state index contributed by atoms with van der Waals surface area (Å²) in [7, 11) is 1.39. The van der Waals surface area contributed by atoms with Gasteiger partial charge in [0.25, 0.3) is 5.91 Å². The van der Waals surface area contributed by atoms with Crippen LogP contribution in [-0.2, 0) is 12.8 Å². The van der Waals surface area contributed by atoms with Crippen LogP contribution in [0.5, 0.6) is 5.75 Å². The molecule has 0 bridgehead atoms. The van der Waals surface area contributed by atoms with E-state index in [4.69, 9.17) is 9.84 Å². The van der Waals surface area contributed by atoms with E-state index < -0.39 is 5.97 Å². The van der Waals surface area contributed by atoms with Crippen molar-refractivity contribution in [3.63, 3.8) is 0 Å². The second-order valence-corrected chi connectivity index (χ2v) is 5.41. The Morgan fingerprint density at radius 1 is 1.30 bits per heavy atom. The van der Waals surface area contributed by atoms with E-state index in [9.17, 15) is 9.59 Å². The van der Waals surface area contributed by atoms with Crippen molar-refractivity contribution in [2.24, 2.45) is 0 Å². The Kier molecular flexibility index (Phi) is 4.01. The van der Waals surface area contributed by atoms with Gasteiger partial charge >= 0.3 is 5.97 Å². The van der Waals surface area contributed by atoms with Gasteiger partial charge in [0.05, 0.1) is 7.11 Å². The van der Waals surface area contributed by atoms with Gasteiger partial charge in [0.15, 0.2) is 5.69 Å². The van der Waals surface area contributed by atoms with Crippen molar-refractivity contribution in [3.05, 3.63) is 40.7 Å². The SMILES string of the molecule is COc1cc(NC(=O)c2n[nH]c3c2CCCC3)ccc1C(=O)O. The molecule has 0 unspecified atom stereocenters. The van der Waals surface area contributed by atoms with Crippen LogP contribution in [-0.4, -0.2) is 34.3 Å². The number of aromatic carboxylic acids is 1. The van der Waals surface area contributed by atoms with E-state index >= 15 is 0 Å². The molecular formula is C16H17N3O4. The molecule has 0 fully saturated rings. The summed E-state index contributed by atoms with van der Waals surface area (Å²) < 4.78 is 5.06. The van der Waals surface area contributed by atoms with Gasteiger partial charge in [-0.3, -0.25) is 9.89 Å². The number of nitrogens with zero attached hydrogens (tertiary/aromatic N) is 1. The van der Waals surface area contributed by atoms with E-state index in [1.807, 2.05) is 0 Å².